The van der Waals surface area contributed by atoms with Crippen molar-refractivity contribution in [2.75, 3.05) is 0 Å². The maximum absolute atomic E-state index is 5.67. The van der Waals surface area contributed by atoms with E-state index in [1.54, 1.807) is 0 Å². The van der Waals surface area contributed by atoms with Gasteiger partial charge in [-0.05, 0) is 6.07 Å². The highest BCUT2D eigenvalue weighted by Crippen LogP contribution is 2.32. The van der Waals surface area contributed by atoms with Crippen LogP contribution in [0.1, 0.15) is 11.7 Å². The molecule has 3 nitrogen and oxygen atoms in total. The average molecular weight is 165 g/mol. The van der Waals surface area contributed by atoms with Gasteiger partial charge in [0.2, 0.25) is 0 Å². The first kappa shape index (κ1) is 6.82. The van der Waals surface area contributed by atoms with E-state index >= 15 is 0 Å². The zero-order chi connectivity index (χ0) is 7.68. The van der Waals surface area contributed by atoms with Crippen LogP contribution in [0.25, 0.3) is 0 Å². The molecule has 0 amide bonds. The van der Waals surface area contributed by atoms with Gasteiger partial charge in [0.25, 0.3) is 0 Å². The quantitative estimate of drug-likeness (QED) is 0.598. The number of nitrogens with zero attached hydrogens (tertiary/aromatic N) is 2. The summed E-state index contributed by atoms with van der Waals surface area (Å²) in [4.78, 5) is 1.11. The maximum Gasteiger partial charge on any atom is 0.146 e. The van der Waals surface area contributed by atoms with E-state index in [1.807, 2.05) is 24.3 Å². The number of hydrogen-bond donors (Lipinski definition) is 1. The number of hydrogen-bond acceptors (Lipinski definition) is 4. The summed E-state index contributed by atoms with van der Waals surface area (Å²) in [5.74, 6) is 0. The van der Waals surface area contributed by atoms with E-state index in [1.165, 1.54) is 11.9 Å². The summed E-state index contributed by atoms with van der Waals surface area (Å²) >= 11 is 1.37. The maximum atomic E-state index is 5.67. The second-order valence-electron chi connectivity index (χ2n) is 2.27. The van der Waals surface area contributed by atoms with Crippen molar-refractivity contribution >= 4 is 11.9 Å². The van der Waals surface area contributed by atoms with Crippen molar-refractivity contribution in [2.24, 2.45) is 15.4 Å². The van der Waals surface area contributed by atoms with E-state index < -0.39 is 0 Å². The molecule has 1 aromatic carbocycles. The predicted octanol–water partition coefficient (Wildman–Crippen LogP) is 2.12. The van der Waals surface area contributed by atoms with Gasteiger partial charge in [-0.2, -0.15) is 5.11 Å². The number of fused-ring (bicyclic) bond motifs is 1. The van der Waals surface area contributed by atoms with Crippen molar-refractivity contribution in [3.05, 3.63) is 29.8 Å². The summed E-state index contributed by atoms with van der Waals surface area (Å²) < 4.78 is 3.82. The van der Waals surface area contributed by atoms with E-state index in [9.17, 15) is 0 Å². The minimum atomic E-state index is -0.271. The Hall–Kier alpha value is -0.870. The monoisotopic (exact) mass is 165 g/mol. The van der Waals surface area contributed by atoms with Gasteiger partial charge < -0.3 is 5.73 Å². The lowest BCUT2D eigenvalue weighted by atomic mass is 10.2. The molecule has 1 aromatic rings. The van der Waals surface area contributed by atoms with Gasteiger partial charge in [-0.25, -0.2) is 0 Å². The molecule has 1 aliphatic rings. The zero-order valence-corrected chi connectivity index (χ0v) is 6.58. The highest BCUT2D eigenvalue weighted by molar-refractivity contribution is 7.98. The molecule has 2 N–H and O–H groups in total. The molecule has 2 rings (SSSR count). The van der Waals surface area contributed by atoms with Crippen LogP contribution in [0.15, 0.2) is 38.8 Å². The third kappa shape index (κ3) is 1.15. The number of benzene rings is 1. The van der Waals surface area contributed by atoms with Gasteiger partial charge in [-0.3, -0.25) is 0 Å². The van der Waals surface area contributed by atoms with Crippen molar-refractivity contribution in [2.45, 2.75) is 11.1 Å². The first-order valence-corrected chi connectivity index (χ1v) is 4.07. The molecule has 0 saturated heterocycles. The lowest BCUT2D eigenvalue weighted by molar-refractivity contribution is 0.712. The fourth-order valence-electron chi connectivity index (χ4n) is 0.989. The molecule has 0 saturated carbocycles. The Bertz CT molecular complexity index is 297. The van der Waals surface area contributed by atoms with E-state index in [4.69, 9.17) is 5.73 Å². The largest absolute Gasteiger partial charge is 0.304 e. The Morgan fingerprint density at radius 1 is 1.36 bits per heavy atom. The minimum absolute atomic E-state index is 0.271. The van der Waals surface area contributed by atoms with E-state index in [0.717, 1.165) is 10.5 Å². The summed E-state index contributed by atoms with van der Waals surface area (Å²) in [6, 6.07) is 7.91. The molecule has 11 heavy (non-hydrogen) atoms. The molecule has 4 heteroatoms. The highest BCUT2D eigenvalue weighted by atomic mass is 32.2. The summed E-state index contributed by atoms with van der Waals surface area (Å²) in [5, 5.41) is 3.84. The Morgan fingerprint density at radius 3 is 3.00 bits per heavy atom. The first-order valence-electron chi connectivity index (χ1n) is 3.29. The van der Waals surface area contributed by atoms with Gasteiger partial charge in [0.15, 0.2) is 0 Å². The summed E-state index contributed by atoms with van der Waals surface area (Å²) in [7, 11) is 0. The Balaban J connectivity index is 2.50. The molecule has 0 aromatic heterocycles. The molecule has 1 heterocycles. The van der Waals surface area contributed by atoms with E-state index in [2.05, 4.69) is 9.63 Å². The topological polar surface area (TPSA) is 50.7 Å². The number of nitrogens with two attached hydrogens (primary N) is 1. The van der Waals surface area contributed by atoms with Crippen molar-refractivity contribution in [3.63, 3.8) is 0 Å². The molecule has 1 atom stereocenters. The minimum Gasteiger partial charge on any atom is -0.304 e. The van der Waals surface area contributed by atoms with Gasteiger partial charge in [-0.15, -0.1) is 4.52 Å². The molecule has 1 unspecified atom stereocenters. The molecular formula is C7H7N3S. The third-order valence-electron chi connectivity index (χ3n) is 1.55. The Kier molecular flexibility index (Phi) is 1.63. The molecule has 0 aliphatic carbocycles. The molecule has 56 valence electrons. The van der Waals surface area contributed by atoms with Gasteiger partial charge in [0.05, 0.1) is 0 Å². The Labute approximate surface area is 68.8 Å². The van der Waals surface area contributed by atoms with Crippen molar-refractivity contribution < 1.29 is 0 Å². The van der Waals surface area contributed by atoms with Crippen LogP contribution in [0.2, 0.25) is 0 Å². The molecular weight excluding hydrogens is 158 g/mol. The van der Waals surface area contributed by atoms with E-state index in [0.29, 0.717) is 0 Å². The third-order valence-corrected chi connectivity index (χ3v) is 2.29. The summed E-state index contributed by atoms with van der Waals surface area (Å²) in [5.41, 5.74) is 6.74. The van der Waals surface area contributed by atoms with Crippen molar-refractivity contribution in [1.82, 2.24) is 0 Å². The predicted molar refractivity (Wildman–Crippen MR) is 44.1 cm³/mol. The van der Waals surface area contributed by atoms with Gasteiger partial charge >= 0.3 is 0 Å². The zero-order valence-electron chi connectivity index (χ0n) is 5.77. The fraction of sp³-hybridized carbons (Fsp3) is 0.143. The molecule has 0 spiro atoms. The fourth-order valence-corrected chi connectivity index (χ4v) is 1.66. The SMILES string of the molecule is NC1N=NSc2ccccc21. The summed E-state index contributed by atoms with van der Waals surface area (Å²) in [6.45, 7) is 0. The lowest BCUT2D eigenvalue weighted by Crippen LogP contribution is -2.09. The van der Waals surface area contributed by atoms with Crippen molar-refractivity contribution in [3.8, 4) is 0 Å². The van der Waals surface area contributed by atoms with Crippen LogP contribution in [0.3, 0.4) is 0 Å². The van der Waals surface area contributed by atoms with Crippen LogP contribution >= 0.6 is 11.9 Å². The van der Waals surface area contributed by atoms with Crippen molar-refractivity contribution in [1.29, 1.82) is 0 Å². The second kappa shape index (κ2) is 2.64. The number of rotatable bonds is 0. The van der Waals surface area contributed by atoms with Gasteiger partial charge in [-0.1, -0.05) is 18.2 Å². The molecule has 0 bridgehead atoms. The summed E-state index contributed by atoms with van der Waals surface area (Å²) in [6.07, 6.45) is -0.271. The second-order valence-corrected chi connectivity index (χ2v) is 3.06. The normalized spacial score (nSPS) is 21.4. The van der Waals surface area contributed by atoms with Gasteiger partial charge in [0, 0.05) is 22.4 Å². The highest BCUT2D eigenvalue weighted by Gasteiger charge is 2.13. The van der Waals surface area contributed by atoms with Crippen LogP contribution in [0, 0.1) is 0 Å². The van der Waals surface area contributed by atoms with Crippen LogP contribution < -0.4 is 5.73 Å². The van der Waals surface area contributed by atoms with Crippen LogP contribution in [0.4, 0.5) is 0 Å². The van der Waals surface area contributed by atoms with Crippen LogP contribution in [-0.2, 0) is 0 Å². The molecule has 0 fully saturated rings. The Morgan fingerprint density at radius 2 is 2.18 bits per heavy atom. The van der Waals surface area contributed by atoms with Gasteiger partial charge in [0.1, 0.15) is 6.17 Å². The molecule has 0 radical (unpaired) electrons. The van der Waals surface area contributed by atoms with Crippen LogP contribution in [-0.4, -0.2) is 0 Å². The smallest absolute Gasteiger partial charge is 0.146 e. The standard InChI is InChI=1S/C7H7N3S/c8-7-5-3-1-2-4-6(5)11-10-9-7/h1-4,7H,8H2. The lowest BCUT2D eigenvalue weighted by Gasteiger charge is -2.12. The molecule has 1 aliphatic heterocycles. The average Bonchev–Trinajstić information content (AvgIpc) is 2.06. The van der Waals surface area contributed by atoms with E-state index in [-0.39, 0.29) is 6.17 Å². The first-order chi connectivity index (χ1) is 5.38. The van der Waals surface area contributed by atoms with Crippen LogP contribution in [0.5, 0.6) is 0 Å².